The Labute approximate surface area is 150 Å². The van der Waals surface area contributed by atoms with Gasteiger partial charge in [-0.2, -0.15) is 0 Å². The van der Waals surface area contributed by atoms with Crippen molar-refractivity contribution in [3.63, 3.8) is 0 Å². The third kappa shape index (κ3) is 2.47. The molecule has 1 saturated carbocycles. The summed E-state index contributed by atoms with van der Waals surface area (Å²) in [6.07, 6.45) is 6.01. The number of nitrogens with one attached hydrogen (secondary N) is 1. The fraction of sp³-hybridized carbons (Fsp3) is 0.529. The summed E-state index contributed by atoms with van der Waals surface area (Å²) in [7, 11) is 2.17. The summed E-state index contributed by atoms with van der Waals surface area (Å²) in [6.45, 7) is 4.23. The molecule has 3 aromatic rings. The highest BCUT2D eigenvalue weighted by molar-refractivity contribution is 7.15. The van der Waals surface area contributed by atoms with E-state index in [0.29, 0.717) is 6.04 Å². The summed E-state index contributed by atoms with van der Waals surface area (Å²) < 4.78 is 0. The first-order valence-corrected chi connectivity index (χ1v) is 9.56. The summed E-state index contributed by atoms with van der Waals surface area (Å²) >= 11 is 1.70. The summed E-state index contributed by atoms with van der Waals surface area (Å²) in [4.78, 5) is 16.8. The van der Waals surface area contributed by atoms with Gasteiger partial charge in [0.15, 0.2) is 0 Å². The smallest absolute Gasteiger partial charge is 0.208 e. The first-order valence-electron chi connectivity index (χ1n) is 8.75. The van der Waals surface area contributed by atoms with Crippen molar-refractivity contribution in [1.82, 2.24) is 25.1 Å². The highest BCUT2D eigenvalue weighted by atomic mass is 32.1. The van der Waals surface area contributed by atoms with Gasteiger partial charge in [0.1, 0.15) is 22.8 Å². The van der Waals surface area contributed by atoms with E-state index in [1.54, 1.807) is 17.7 Å². The van der Waals surface area contributed by atoms with Crippen LogP contribution in [0.5, 0.6) is 0 Å². The van der Waals surface area contributed by atoms with Crippen LogP contribution in [0.3, 0.4) is 0 Å². The number of aromatic nitrogens is 5. The van der Waals surface area contributed by atoms with Crippen LogP contribution in [0.4, 0.5) is 10.9 Å². The molecule has 1 unspecified atom stereocenters. The number of hydrogen-bond acceptors (Lipinski definition) is 7. The van der Waals surface area contributed by atoms with Gasteiger partial charge in [-0.1, -0.05) is 11.3 Å². The monoisotopic (exact) mass is 355 g/mol. The van der Waals surface area contributed by atoms with Gasteiger partial charge in [0.05, 0.1) is 5.39 Å². The predicted octanol–water partition coefficient (Wildman–Crippen LogP) is 2.47. The van der Waals surface area contributed by atoms with E-state index in [4.69, 9.17) is 0 Å². The molecule has 0 radical (unpaired) electrons. The molecule has 0 spiro atoms. The maximum Gasteiger partial charge on any atom is 0.208 e. The molecule has 1 aliphatic heterocycles. The van der Waals surface area contributed by atoms with E-state index in [1.807, 2.05) is 13.1 Å². The average molecular weight is 355 g/mol. The predicted molar refractivity (Wildman–Crippen MR) is 99.2 cm³/mol. The molecule has 0 aromatic carbocycles. The molecular weight excluding hydrogens is 334 g/mol. The molecular formula is C17H21N7S. The zero-order chi connectivity index (χ0) is 17.0. The molecule has 0 bridgehead atoms. The van der Waals surface area contributed by atoms with Crippen LogP contribution in [0, 0.1) is 18.8 Å². The Morgan fingerprint density at radius 1 is 1.20 bits per heavy atom. The summed E-state index contributed by atoms with van der Waals surface area (Å²) in [5.74, 6) is 2.51. The third-order valence-corrected chi connectivity index (χ3v) is 6.63. The minimum absolute atomic E-state index is 0.543. The molecule has 7 nitrogen and oxygen atoms in total. The second-order valence-electron chi connectivity index (χ2n) is 7.20. The van der Waals surface area contributed by atoms with E-state index in [-0.39, 0.29) is 0 Å². The van der Waals surface area contributed by atoms with E-state index >= 15 is 0 Å². The van der Waals surface area contributed by atoms with E-state index in [0.717, 1.165) is 51.9 Å². The van der Waals surface area contributed by atoms with Crippen LogP contribution in [0.2, 0.25) is 0 Å². The maximum absolute atomic E-state index is 4.55. The molecule has 3 aromatic heterocycles. The minimum atomic E-state index is 0.543. The first-order chi connectivity index (χ1) is 12.2. The summed E-state index contributed by atoms with van der Waals surface area (Å²) in [5.41, 5.74) is 0.910. The van der Waals surface area contributed by atoms with Gasteiger partial charge in [-0.05, 0) is 37.7 Å². The SMILES string of the molecule is Cc1nnc(N2CC3C[C@@H](N(C)c4ncnc5[nH]ccc45)C[C@@H]3C2)s1. The van der Waals surface area contributed by atoms with E-state index in [9.17, 15) is 0 Å². The lowest BCUT2D eigenvalue weighted by Crippen LogP contribution is -2.32. The van der Waals surface area contributed by atoms with Crippen molar-refractivity contribution in [2.75, 3.05) is 29.9 Å². The van der Waals surface area contributed by atoms with E-state index in [2.05, 4.69) is 48.1 Å². The zero-order valence-electron chi connectivity index (χ0n) is 14.4. The van der Waals surface area contributed by atoms with Crippen LogP contribution in [0.1, 0.15) is 17.8 Å². The van der Waals surface area contributed by atoms with Crippen LogP contribution in [-0.4, -0.2) is 51.3 Å². The van der Waals surface area contributed by atoms with Crippen molar-refractivity contribution in [1.29, 1.82) is 0 Å². The Morgan fingerprint density at radius 3 is 2.72 bits per heavy atom. The van der Waals surface area contributed by atoms with E-state index in [1.165, 1.54) is 12.8 Å². The molecule has 3 atom stereocenters. The minimum Gasteiger partial charge on any atom is -0.356 e. The highest BCUT2D eigenvalue weighted by Crippen LogP contribution is 2.43. The lowest BCUT2D eigenvalue weighted by atomic mass is 10.0. The summed E-state index contributed by atoms with van der Waals surface area (Å²) in [6, 6.07) is 2.61. The second-order valence-corrected chi connectivity index (χ2v) is 8.36. The van der Waals surface area contributed by atoms with Crippen molar-refractivity contribution in [3.05, 3.63) is 23.6 Å². The molecule has 1 saturated heterocycles. The molecule has 1 N–H and O–H groups in total. The molecule has 25 heavy (non-hydrogen) atoms. The fourth-order valence-corrected chi connectivity index (χ4v) is 5.17. The first kappa shape index (κ1) is 15.1. The Balaban J connectivity index is 1.32. The number of aryl methyl sites for hydroxylation is 1. The van der Waals surface area contributed by atoms with Crippen molar-refractivity contribution in [2.24, 2.45) is 11.8 Å². The molecule has 5 rings (SSSR count). The Hall–Kier alpha value is -2.22. The Morgan fingerprint density at radius 2 is 2.00 bits per heavy atom. The van der Waals surface area contributed by atoms with Gasteiger partial charge in [-0.25, -0.2) is 9.97 Å². The van der Waals surface area contributed by atoms with Crippen LogP contribution in [-0.2, 0) is 0 Å². The van der Waals surface area contributed by atoms with Gasteiger partial charge in [-0.15, -0.1) is 10.2 Å². The van der Waals surface area contributed by atoms with Gasteiger partial charge in [0.25, 0.3) is 0 Å². The molecule has 8 heteroatoms. The molecule has 4 heterocycles. The topological polar surface area (TPSA) is 73.8 Å². The lowest BCUT2D eigenvalue weighted by Gasteiger charge is -2.27. The van der Waals surface area contributed by atoms with Gasteiger partial charge in [-0.3, -0.25) is 0 Å². The highest BCUT2D eigenvalue weighted by Gasteiger charge is 2.43. The normalized spacial score (nSPS) is 25.7. The van der Waals surface area contributed by atoms with Gasteiger partial charge < -0.3 is 14.8 Å². The number of aromatic amines is 1. The molecule has 130 valence electrons. The number of fused-ring (bicyclic) bond motifs is 2. The fourth-order valence-electron chi connectivity index (χ4n) is 4.47. The van der Waals surface area contributed by atoms with Gasteiger partial charge in [0.2, 0.25) is 5.13 Å². The van der Waals surface area contributed by atoms with Crippen LogP contribution in [0.15, 0.2) is 18.6 Å². The molecule has 1 aliphatic carbocycles. The van der Waals surface area contributed by atoms with Crippen LogP contribution >= 0.6 is 11.3 Å². The van der Waals surface area contributed by atoms with Crippen molar-refractivity contribution < 1.29 is 0 Å². The molecule has 2 fully saturated rings. The van der Waals surface area contributed by atoms with Crippen molar-refractivity contribution >= 4 is 33.3 Å². The second kappa shape index (κ2) is 5.66. The number of hydrogen-bond donors (Lipinski definition) is 1. The van der Waals surface area contributed by atoms with Crippen molar-refractivity contribution in [2.45, 2.75) is 25.8 Å². The summed E-state index contributed by atoms with van der Waals surface area (Å²) in [5, 5.41) is 11.7. The maximum atomic E-state index is 4.55. The largest absolute Gasteiger partial charge is 0.356 e. The van der Waals surface area contributed by atoms with Crippen LogP contribution < -0.4 is 9.80 Å². The lowest BCUT2D eigenvalue weighted by molar-refractivity contribution is 0.494. The number of anilines is 2. The van der Waals surface area contributed by atoms with Gasteiger partial charge in [0, 0.05) is 32.4 Å². The third-order valence-electron chi connectivity index (χ3n) is 5.73. The number of nitrogens with zero attached hydrogens (tertiary/aromatic N) is 6. The zero-order valence-corrected chi connectivity index (χ0v) is 15.2. The molecule has 0 amide bonds. The Kier molecular flexibility index (Phi) is 3.41. The quantitative estimate of drug-likeness (QED) is 0.778. The molecule has 2 aliphatic rings. The number of rotatable bonds is 3. The number of H-pyrrole nitrogens is 1. The Bertz CT molecular complexity index is 889. The van der Waals surface area contributed by atoms with Gasteiger partial charge >= 0.3 is 0 Å². The standard InChI is InChI=1S/C17H21N7S/c1-10-21-22-17(25-10)24-7-11-5-13(6-12(11)8-24)23(2)16-14-3-4-18-15(14)19-9-20-16/h3-4,9,11-13H,5-8H2,1-2H3,(H,18,19,20)/t11-,12?,13+/m1/s1. The van der Waals surface area contributed by atoms with Crippen molar-refractivity contribution in [3.8, 4) is 0 Å². The van der Waals surface area contributed by atoms with Crippen LogP contribution in [0.25, 0.3) is 11.0 Å². The van der Waals surface area contributed by atoms with E-state index < -0.39 is 0 Å². The average Bonchev–Trinajstić information content (AvgIpc) is 3.35.